The highest BCUT2D eigenvalue weighted by Gasteiger charge is 2.23. The quantitative estimate of drug-likeness (QED) is 0.563. The van der Waals surface area contributed by atoms with Crippen LogP contribution >= 0.6 is 0 Å². The molecule has 0 rings (SSSR count). The van der Waals surface area contributed by atoms with Crippen LogP contribution in [-0.4, -0.2) is 21.8 Å². The molecule has 0 spiro atoms. The van der Waals surface area contributed by atoms with E-state index in [1.54, 1.807) is 6.92 Å². The fourth-order valence-electron chi connectivity index (χ4n) is 0.738. The zero-order valence-electron chi connectivity index (χ0n) is 6.38. The van der Waals surface area contributed by atoms with E-state index in [9.17, 15) is 9.90 Å². The first-order chi connectivity index (χ1) is 4.39. The van der Waals surface area contributed by atoms with Crippen molar-refractivity contribution in [3.63, 3.8) is 0 Å². The summed E-state index contributed by atoms with van der Waals surface area (Å²) in [6.07, 6.45) is 1.39. The third kappa shape index (κ3) is 2.19. The van der Waals surface area contributed by atoms with Gasteiger partial charge in [-0.3, -0.25) is 0 Å². The highest BCUT2D eigenvalue weighted by atomic mass is 16.4. The van der Waals surface area contributed by atoms with Gasteiger partial charge in [0.25, 0.3) is 0 Å². The van der Waals surface area contributed by atoms with Gasteiger partial charge in [-0.05, 0) is 20.8 Å². The number of allylic oxidation sites excluding steroid dienone is 1. The molecule has 3 nitrogen and oxygen atoms in total. The molecule has 0 aliphatic heterocycles. The summed E-state index contributed by atoms with van der Waals surface area (Å²) in [6, 6.07) is 0. The van der Waals surface area contributed by atoms with Crippen LogP contribution in [0.15, 0.2) is 11.6 Å². The standard InChI is InChI=1S/C7H12O3/c1-4-5(6(8)9)7(2,3)10/h4,10H,1-3H3,(H,8,9)/b5-4+. The average Bonchev–Trinajstić information content (AvgIpc) is 1.60. The number of hydrogen-bond donors (Lipinski definition) is 2. The Labute approximate surface area is 60.0 Å². The molecule has 0 aliphatic rings. The molecule has 0 radical (unpaired) electrons. The SMILES string of the molecule is C/C=C(\C(=O)O)C(C)(C)O. The second-order valence-corrected chi connectivity index (χ2v) is 2.57. The van der Waals surface area contributed by atoms with Crippen molar-refractivity contribution >= 4 is 5.97 Å². The molecule has 0 saturated heterocycles. The number of rotatable bonds is 2. The minimum Gasteiger partial charge on any atom is -0.478 e. The van der Waals surface area contributed by atoms with Crippen molar-refractivity contribution in [2.24, 2.45) is 0 Å². The molecule has 3 heteroatoms. The third-order valence-electron chi connectivity index (χ3n) is 1.18. The molecule has 0 amide bonds. The van der Waals surface area contributed by atoms with Gasteiger partial charge in [0.05, 0.1) is 11.2 Å². The van der Waals surface area contributed by atoms with Gasteiger partial charge >= 0.3 is 5.97 Å². The maximum absolute atomic E-state index is 10.3. The van der Waals surface area contributed by atoms with E-state index in [2.05, 4.69) is 0 Å². The lowest BCUT2D eigenvalue weighted by Crippen LogP contribution is -2.27. The fourth-order valence-corrected chi connectivity index (χ4v) is 0.738. The van der Waals surface area contributed by atoms with E-state index in [1.165, 1.54) is 19.9 Å². The second kappa shape index (κ2) is 2.84. The highest BCUT2D eigenvalue weighted by Crippen LogP contribution is 2.14. The first-order valence-electron chi connectivity index (χ1n) is 3.02. The number of aliphatic carboxylic acids is 1. The van der Waals surface area contributed by atoms with E-state index >= 15 is 0 Å². The third-order valence-corrected chi connectivity index (χ3v) is 1.18. The predicted octanol–water partition coefficient (Wildman–Crippen LogP) is 0.788. The van der Waals surface area contributed by atoms with Crippen LogP contribution < -0.4 is 0 Å². The molecule has 10 heavy (non-hydrogen) atoms. The number of aliphatic hydroxyl groups is 1. The lowest BCUT2D eigenvalue weighted by molar-refractivity contribution is -0.134. The zero-order valence-corrected chi connectivity index (χ0v) is 6.38. The van der Waals surface area contributed by atoms with Crippen LogP contribution in [0.1, 0.15) is 20.8 Å². The van der Waals surface area contributed by atoms with Crippen molar-refractivity contribution in [2.45, 2.75) is 26.4 Å². The Morgan fingerprint density at radius 2 is 1.90 bits per heavy atom. The Hall–Kier alpha value is -0.830. The Kier molecular flexibility index (Phi) is 2.60. The molecular weight excluding hydrogens is 132 g/mol. The van der Waals surface area contributed by atoms with Gasteiger partial charge in [-0.1, -0.05) is 6.08 Å². The van der Waals surface area contributed by atoms with Crippen molar-refractivity contribution < 1.29 is 15.0 Å². The number of carboxylic acids is 1. The van der Waals surface area contributed by atoms with Crippen molar-refractivity contribution in [1.29, 1.82) is 0 Å². The van der Waals surface area contributed by atoms with Gasteiger partial charge in [-0.2, -0.15) is 0 Å². The minimum absolute atomic E-state index is 0.0208. The number of carboxylic acid groups (broad SMARTS) is 1. The first-order valence-corrected chi connectivity index (χ1v) is 3.02. The summed E-state index contributed by atoms with van der Waals surface area (Å²) in [6.45, 7) is 4.47. The first kappa shape index (κ1) is 9.17. The number of hydrogen-bond acceptors (Lipinski definition) is 2. The van der Waals surface area contributed by atoms with Gasteiger partial charge in [0.15, 0.2) is 0 Å². The number of carbonyl (C=O) groups is 1. The van der Waals surface area contributed by atoms with Gasteiger partial charge in [0.1, 0.15) is 0 Å². The van der Waals surface area contributed by atoms with Crippen LogP contribution in [0.5, 0.6) is 0 Å². The molecule has 0 atom stereocenters. The summed E-state index contributed by atoms with van der Waals surface area (Å²) < 4.78 is 0. The van der Waals surface area contributed by atoms with E-state index < -0.39 is 11.6 Å². The molecule has 58 valence electrons. The van der Waals surface area contributed by atoms with E-state index in [1.807, 2.05) is 0 Å². The molecule has 0 bridgehead atoms. The molecule has 0 fully saturated rings. The normalized spacial score (nSPS) is 13.4. The summed E-state index contributed by atoms with van der Waals surface area (Å²) in [5.41, 5.74) is -1.23. The topological polar surface area (TPSA) is 57.5 Å². The summed E-state index contributed by atoms with van der Waals surface area (Å²) in [5, 5.41) is 17.7. The Balaban J connectivity index is 4.56. The fraction of sp³-hybridized carbons (Fsp3) is 0.571. The van der Waals surface area contributed by atoms with Crippen molar-refractivity contribution in [3.8, 4) is 0 Å². The summed E-state index contributed by atoms with van der Waals surface area (Å²) in [5.74, 6) is -1.07. The van der Waals surface area contributed by atoms with Crippen LogP contribution in [-0.2, 0) is 4.79 Å². The lowest BCUT2D eigenvalue weighted by atomic mass is 9.98. The van der Waals surface area contributed by atoms with Crippen LogP contribution in [0, 0.1) is 0 Å². The van der Waals surface area contributed by atoms with Gasteiger partial charge < -0.3 is 10.2 Å². The summed E-state index contributed by atoms with van der Waals surface area (Å²) in [4.78, 5) is 10.3. The molecule has 0 aromatic carbocycles. The molecule has 2 N–H and O–H groups in total. The van der Waals surface area contributed by atoms with Crippen LogP contribution in [0.25, 0.3) is 0 Å². The second-order valence-electron chi connectivity index (χ2n) is 2.57. The Bertz CT molecular complexity index is 162. The predicted molar refractivity (Wildman–Crippen MR) is 37.7 cm³/mol. The van der Waals surface area contributed by atoms with E-state index in [4.69, 9.17) is 5.11 Å². The van der Waals surface area contributed by atoms with E-state index in [0.717, 1.165) is 0 Å². The van der Waals surface area contributed by atoms with Crippen LogP contribution in [0.4, 0.5) is 0 Å². The van der Waals surface area contributed by atoms with Crippen molar-refractivity contribution in [3.05, 3.63) is 11.6 Å². The summed E-state index contributed by atoms with van der Waals surface area (Å²) >= 11 is 0. The lowest BCUT2D eigenvalue weighted by Gasteiger charge is -2.17. The largest absolute Gasteiger partial charge is 0.478 e. The van der Waals surface area contributed by atoms with Gasteiger partial charge in [-0.25, -0.2) is 4.79 Å². The Morgan fingerprint density at radius 1 is 1.50 bits per heavy atom. The average molecular weight is 144 g/mol. The molecule has 0 aromatic rings. The molecule has 0 aliphatic carbocycles. The van der Waals surface area contributed by atoms with Gasteiger partial charge in [0, 0.05) is 0 Å². The van der Waals surface area contributed by atoms with E-state index in [0.29, 0.717) is 0 Å². The summed E-state index contributed by atoms with van der Waals surface area (Å²) in [7, 11) is 0. The monoisotopic (exact) mass is 144 g/mol. The molecule has 0 saturated carbocycles. The minimum atomic E-state index is -1.25. The van der Waals surface area contributed by atoms with Crippen molar-refractivity contribution in [2.75, 3.05) is 0 Å². The van der Waals surface area contributed by atoms with E-state index in [-0.39, 0.29) is 5.57 Å². The van der Waals surface area contributed by atoms with Gasteiger partial charge in [-0.15, -0.1) is 0 Å². The maximum Gasteiger partial charge on any atom is 0.334 e. The highest BCUT2D eigenvalue weighted by molar-refractivity contribution is 5.88. The molecule has 0 unspecified atom stereocenters. The molecule has 0 heterocycles. The molecular formula is C7H12O3. The molecule has 0 aromatic heterocycles. The Morgan fingerprint density at radius 3 is 1.90 bits per heavy atom. The smallest absolute Gasteiger partial charge is 0.334 e. The van der Waals surface area contributed by atoms with Gasteiger partial charge in [0.2, 0.25) is 0 Å². The zero-order chi connectivity index (χ0) is 8.36. The van der Waals surface area contributed by atoms with Crippen LogP contribution in [0.3, 0.4) is 0 Å². The van der Waals surface area contributed by atoms with Crippen molar-refractivity contribution in [1.82, 2.24) is 0 Å². The van der Waals surface area contributed by atoms with Crippen LogP contribution in [0.2, 0.25) is 0 Å². The maximum atomic E-state index is 10.3.